The Balaban J connectivity index is 0.00000261. The molecule has 3 rings (SSSR count). The lowest BCUT2D eigenvalue weighted by Gasteiger charge is -2.22. The fourth-order valence-electron chi connectivity index (χ4n) is 3.00. The van der Waals surface area contributed by atoms with Gasteiger partial charge in [0.25, 0.3) is 0 Å². The number of nitrogens with zero attached hydrogens (tertiary/aromatic N) is 1. The molecule has 1 aliphatic heterocycles. The number of ether oxygens (including phenoxy) is 1. The maximum Gasteiger partial charge on any atom is 0.341 e. The van der Waals surface area contributed by atoms with E-state index in [2.05, 4.69) is 10.2 Å². The van der Waals surface area contributed by atoms with Crippen LogP contribution in [-0.2, 0) is 28.9 Å². The maximum atomic E-state index is 13.0. The van der Waals surface area contributed by atoms with Crippen LogP contribution in [0.15, 0.2) is 24.3 Å². The van der Waals surface area contributed by atoms with Crippen LogP contribution in [0.4, 0.5) is 9.39 Å². The summed E-state index contributed by atoms with van der Waals surface area (Å²) in [5.41, 5.74) is 2.17. The van der Waals surface area contributed by atoms with Crippen molar-refractivity contribution in [3.63, 3.8) is 0 Å². The number of nitrogens with one attached hydrogen (secondary N) is 1. The molecule has 0 fully saturated rings. The number of fused-ring (bicyclic) bond motifs is 1. The lowest BCUT2D eigenvalue weighted by Crippen LogP contribution is -2.26. The topological polar surface area (TPSA) is 58.6 Å². The fraction of sp³-hybridized carbons (Fsp3) is 0.368. The summed E-state index contributed by atoms with van der Waals surface area (Å²) in [6.07, 6.45) is 0.870. The smallest absolute Gasteiger partial charge is 0.341 e. The summed E-state index contributed by atoms with van der Waals surface area (Å²) in [7, 11) is 2.03. The van der Waals surface area contributed by atoms with Crippen LogP contribution in [0.25, 0.3) is 0 Å². The van der Waals surface area contributed by atoms with Crippen molar-refractivity contribution in [2.24, 2.45) is 0 Å². The quantitative estimate of drug-likeness (QED) is 0.761. The van der Waals surface area contributed by atoms with Gasteiger partial charge in [0.05, 0.1) is 18.6 Å². The Morgan fingerprint density at radius 1 is 1.30 bits per heavy atom. The Morgan fingerprint density at radius 3 is 2.67 bits per heavy atom. The van der Waals surface area contributed by atoms with Gasteiger partial charge in [-0.15, -0.1) is 23.7 Å². The molecule has 1 aromatic heterocycles. The van der Waals surface area contributed by atoms with Gasteiger partial charge in [0, 0.05) is 18.0 Å². The lowest BCUT2D eigenvalue weighted by atomic mass is 10.0. The summed E-state index contributed by atoms with van der Waals surface area (Å²) in [6.45, 7) is 3.66. The Kier molecular flexibility index (Phi) is 7.35. The molecule has 1 amide bonds. The second-order valence-corrected chi connectivity index (χ2v) is 7.37. The van der Waals surface area contributed by atoms with E-state index in [4.69, 9.17) is 4.74 Å². The minimum absolute atomic E-state index is 0. The van der Waals surface area contributed by atoms with Crippen molar-refractivity contribution in [2.75, 3.05) is 25.5 Å². The van der Waals surface area contributed by atoms with E-state index in [1.54, 1.807) is 19.1 Å². The highest BCUT2D eigenvalue weighted by Gasteiger charge is 2.28. The van der Waals surface area contributed by atoms with Crippen LogP contribution in [0.2, 0.25) is 0 Å². The number of hydrogen-bond donors (Lipinski definition) is 1. The first-order chi connectivity index (χ1) is 12.5. The predicted molar refractivity (Wildman–Crippen MR) is 106 cm³/mol. The third-order valence-electron chi connectivity index (χ3n) is 4.26. The zero-order valence-electron chi connectivity index (χ0n) is 15.2. The highest BCUT2D eigenvalue weighted by molar-refractivity contribution is 7.17. The number of likely N-dealkylation sites (N-methyl/N-ethyl adjacent to an activating group) is 1. The Hall–Kier alpha value is -1.96. The van der Waals surface area contributed by atoms with Gasteiger partial charge in [-0.25, -0.2) is 9.18 Å². The molecule has 8 heteroatoms. The van der Waals surface area contributed by atoms with Crippen molar-refractivity contribution in [1.29, 1.82) is 0 Å². The molecule has 1 N–H and O–H groups in total. The number of anilines is 1. The zero-order valence-corrected chi connectivity index (χ0v) is 16.8. The molecular weight excluding hydrogens is 391 g/mol. The third-order valence-corrected chi connectivity index (χ3v) is 5.39. The number of amides is 1. The monoisotopic (exact) mass is 412 g/mol. The van der Waals surface area contributed by atoms with E-state index >= 15 is 0 Å². The second-order valence-electron chi connectivity index (χ2n) is 6.27. The predicted octanol–water partition coefficient (Wildman–Crippen LogP) is 3.65. The molecule has 27 heavy (non-hydrogen) atoms. The number of halogens is 2. The maximum absolute atomic E-state index is 13.0. The van der Waals surface area contributed by atoms with E-state index in [9.17, 15) is 14.0 Å². The lowest BCUT2D eigenvalue weighted by molar-refractivity contribution is -0.115. The van der Waals surface area contributed by atoms with Gasteiger partial charge in [0.15, 0.2) is 0 Å². The molecular formula is C19H22ClFN2O3S. The van der Waals surface area contributed by atoms with E-state index in [1.807, 2.05) is 7.05 Å². The van der Waals surface area contributed by atoms with Crippen LogP contribution in [0.1, 0.15) is 33.3 Å². The zero-order chi connectivity index (χ0) is 18.7. The molecule has 1 aliphatic rings. The minimum Gasteiger partial charge on any atom is -0.462 e. The third kappa shape index (κ3) is 5.06. The van der Waals surface area contributed by atoms with Gasteiger partial charge in [-0.2, -0.15) is 0 Å². The summed E-state index contributed by atoms with van der Waals surface area (Å²) in [5.74, 6) is -0.977. The minimum atomic E-state index is -0.397. The molecule has 146 valence electrons. The molecule has 0 unspecified atom stereocenters. The number of carbonyl (C=O) groups excluding carboxylic acids is 2. The average Bonchev–Trinajstić information content (AvgIpc) is 2.93. The molecule has 0 bridgehead atoms. The average molecular weight is 413 g/mol. The van der Waals surface area contributed by atoms with Crippen molar-refractivity contribution < 1.29 is 18.7 Å². The summed E-state index contributed by atoms with van der Waals surface area (Å²) in [6, 6.07) is 5.81. The largest absolute Gasteiger partial charge is 0.462 e. The van der Waals surface area contributed by atoms with Crippen molar-refractivity contribution in [3.8, 4) is 0 Å². The summed E-state index contributed by atoms with van der Waals surface area (Å²) in [5, 5.41) is 3.39. The number of thiophene rings is 1. The Bertz CT molecular complexity index is 823. The molecule has 0 spiro atoms. The normalized spacial score (nSPS) is 13.4. The van der Waals surface area contributed by atoms with Crippen LogP contribution < -0.4 is 5.32 Å². The molecule has 0 radical (unpaired) electrons. The highest BCUT2D eigenvalue weighted by Crippen LogP contribution is 2.37. The van der Waals surface area contributed by atoms with Gasteiger partial charge in [0.1, 0.15) is 10.8 Å². The second kappa shape index (κ2) is 9.30. The number of benzene rings is 1. The van der Waals surface area contributed by atoms with Gasteiger partial charge < -0.3 is 15.0 Å². The molecule has 5 nitrogen and oxygen atoms in total. The molecule has 2 aromatic rings. The number of rotatable bonds is 5. The van der Waals surface area contributed by atoms with Crippen LogP contribution in [0.5, 0.6) is 0 Å². The van der Waals surface area contributed by atoms with Crippen molar-refractivity contribution >= 4 is 40.6 Å². The molecule has 0 saturated heterocycles. The van der Waals surface area contributed by atoms with E-state index in [1.165, 1.54) is 23.5 Å². The highest BCUT2D eigenvalue weighted by atomic mass is 35.5. The Morgan fingerprint density at radius 2 is 2.00 bits per heavy atom. The Labute approximate surface area is 167 Å². The van der Waals surface area contributed by atoms with Crippen LogP contribution in [-0.4, -0.2) is 37.0 Å². The van der Waals surface area contributed by atoms with Crippen LogP contribution in [0.3, 0.4) is 0 Å². The molecule has 0 atom stereocenters. The number of esters is 1. The fourth-order valence-corrected chi connectivity index (χ4v) is 4.33. The van der Waals surface area contributed by atoms with Gasteiger partial charge in [-0.1, -0.05) is 12.1 Å². The van der Waals surface area contributed by atoms with Gasteiger partial charge in [0.2, 0.25) is 5.91 Å². The SMILES string of the molecule is CCOC(=O)c1c(NC(=O)Cc2ccc(F)cc2)sc2c1CCN(C)C2.Cl. The first-order valence-electron chi connectivity index (χ1n) is 8.52. The van der Waals surface area contributed by atoms with Gasteiger partial charge in [-0.05, 0) is 43.7 Å². The first kappa shape index (κ1) is 21.3. The summed E-state index contributed by atoms with van der Waals surface area (Å²) >= 11 is 1.43. The summed E-state index contributed by atoms with van der Waals surface area (Å²) in [4.78, 5) is 28.1. The van der Waals surface area contributed by atoms with E-state index in [0.29, 0.717) is 16.1 Å². The standard InChI is InChI=1S/C19H21FN2O3S.ClH/c1-3-25-19(24)17-14-8-9-22(2)11-15(14)26-18(17)21-16(23)10-12-4-6-13(20)7-5-12;/h4-7H,3,8-11H2,1-2H3,(H,21,23);1H. The number of hydrogen-bond acceptors (Lipinski definition) is 5. The molecule has 2 heterocycles. The first-order valence-corrected chi connectivity index (χ1v) is 9.34. The van der Waals surface area contributed by atoms with E-state index in [0.717, 1.165) is 30.0 Å². The van der Waals surface area contributed by atoms with Gasteiger partial charge >= 0.3 is 5.97 Å². The number of carbonyl (C=O) groups is 2. The van der Waals surface area contributed by atoms with Crippen molar-refractivity contribution in [1.82, 2.24) is 4.90 Å². The summed E-state index contributed by atoms with van der Waals surface area (Å²) < 4.78 is 18.2. The van der Waals surface area contributed by atoms with Gasteiger partial charge in [-0.3, -0.25) is 4.79 Å². The molecule has 0 aliphatic carbocycles. The van der Waals surface area contributed by atoms with Crippen LogP contribution in [0, 0.1) is 5.82 Å². The molecule has 0 saturated carbocycles. The van der Waals surface area contributed by atoms with Crippen molar-refractivity contribution in [3.05, 3.63) is 51.7 Å². The molecule has 1 aromatic carbocycles. The van der Waals surface area contributed by atoms with E-state index in [-0.39, 0.29) is 37.2 Å². The van der Waals surface area contributed by atoms with Crippen molar-refractivity contribution in [2.45, 2.75) is 26.3 Å². The van der Waals surface area contributed by atoms with E-state index < -0.39 is 5.97 Å². The van der Waals surface area contributed by atoms with Crippen LogP contribution >= 0.6 is 23.7 Å².